The second kappa shape index (κ2) is 6.10. The van der Waals surface area contributed by atoms with Crippen LogP contribution in [0.1, 0.15) is 30.8 Å². The van der Waals surface area contributed by atoms with Gasteiger partial charge in [0.05, 0.1) is 0 Å². The van der Waals surface area contributed by atoms with E-state index < -0.39 is 5.97 Å². The molecule has 0 fully saturated rings. The fourth-order valence-electron chi connectivity index (χ4n) is 2.16. The Balaban J connectivity index is 2.35. The zero-order valence-corrected chi connectivity index (χ0v) is 12.3. The summed E-state index contributed by atoms with van der Waals surface area (Å²) in [6, 6.07) is 9.12. The van der Waals surface area contributed by atoms with Gasteiger partial charge in [0.15, 0.2) is 5.69 Å². The largest absolute Gasteiger partial charge is 0.477 e. The summed E-state index contributed by atoms with van der Waals surface area (Å²) in [5.74, 6) is -0.477. The molecule has 2 aromatic rings. The van der Waals surface area contributed by atoms with Gasteiger partial charge in [-0.1, -0.05) is 38.1 Å². The van der Waals surface area contributed by atoms with Crippen molar-refractivity contribution in [2.75, 3.05) is 18.5 Å². The average molecular weight is 288 g/mol. The minimum absolute atomic E-state index is 0.0242. The molecule has 112 valence electrons. The maximum absolute atomic E-state index is 11.2. The Bertz CT molecular complexity index is 653. The highest BCUT2D eigenvalue weighted by Gasteiger charge is 2.18. The van der Waals surface area contributed by atoms with Crippen LogP contribution in [0.3, 0.4) is 0 Å². The number of aromatic nitrogens is 1. The molecule has 0 aliphatic heterocycles. The average Bonchev–Trinajstić information content (AvgIpc) is 2.44. The number of benzene rings is 1. The summed E-state index contributed by atoms with van der Waals surface area (Å²) in [5, 5.41) is 23.2. The SMILES string of the molecule is CC(C)(CCO)CNc1nc(C(=O)O)cc2ccccc12. The van der Waals surface area contributed by atoms with Crippen LogP contribution in [0.2, 0.25) is 0 Å². The van der Waals surface area contributed by atoms with E-state index in [4.69, 9.17) is 10.2 Å². The van der Waals surface area contributed by atoms with Crippen molar-refractivity contribution in [3.05, 3.63) is 36.0 Å². The van der Waals surface area contributed by atoms with Gasteiger partial charge < -0.3 is 15.5 Å². The Morgan fingerprint density at radius 2 is 2.05 bits per heavy atom. The van der Waals surface area contributed by atoms with Gasteiger partial charge in [0.2, 0.25) is 0 Å². The number of hydrogen-bond acceptors (Lipinski definition) is 4. The Kier molecular flexibility index (Phi) is 4.43. The molecule has 0 spiro atoms. The number of carbonyl (C=O) groups is 1. The molecule has 0 saturated heterocycles. The van der Waals surface area contributed by atoms with Crippen molar-refractivity contribution in [1.29, 1.82) is 0 Å². The smallest absolute Gasteiger partial charge is 0.354 e. The Morgan fingerprint density at radius 1 is 1.33 bits per heavy atom. The van der Waals surface area contributed by atoms with Crippen molar-refractivity contribution < 1.29 is 15.0 Å². The van der Waals surface area contributed by atoms with E-state index in [9.17, 15) is 4.79 Å². The highest BCUT2D eigenvalue weighted by atomic mass is 16.4. The van der Waals surface area contributed by atoms with E-state index in [2.05, 4.69) is 10.3 Å². The molecule has 1 heterocycles. The second-order valence-electron chi connectivity index (χ2n) is 5.87. The zero-order valence-electron chi connectivity index (χ0n) is 12.3. The molecule has 5 heteroatoms. The van der Waals surface area contributed by atoms with Gasteiger partial charge in [-0.05, 0) is 23.3 Å². The normalized spacial score (nSPS) is 11.6. The van der Waals surface area contributed by atoms with E-state index in [0.29, 0.717) is 18.8 Å². The van der Waals surface area contributed by atoms with Gasteiger partial charge in [-0.25, -0.2) is 9.78 Å². The maximum atomic E-state index is 11.2. The lowest BCUT2D eigenvalue weighted by Gasteiger charge is -2.24. The van der Waals surface area contributed by atoms with Crippen LogP contribution >= 0.6 is 0 Å². The summed E-state index contributed by atoms with van der Waals surface area (Å²) in [5.41, 5.74) is -0.0762. The van der Waals surface area contributed by atoms with E-state index >= 15 is 0 Å². The molecule has 0 aliphatic carbocycles. The Morgan fingerprint density at radius 3 is 2.71 bits per heavy atom. The Labute approximate surface area is 123 Å². The van der Waals surface area contributed by atoms with Crippen molar-refractivity contribution >= 4 is 22.6 Å². The molecule has 1 aromatic carbocycles. The minimum Gasteiger partial charge on any atom is -0.477 e. The molecule has 1 aromatic heterocycles. The summed E-state index contributed by atoms with van der Waals surface area (Å²) in [6.45, 7) is 4.81. The molecule has 0 saturated carbocycles. The number of aliphatic hydroxyl groups excluding tert-OH is 1. The van der Waals surface area contributed by atoms with Crippen LogP contribution < -0.4 is 5.32 Å². The lowest BCUT2D eigenvalue weighted by Crippen LogP contribution is -2.25. The molecule has 0 unspecified atom stereocenters. The van der Waals surface area contributed by atoms with Gasteiger partial charge in [-0.2, -0.15) is 0 Å². The lowest BCUT2D eigenvalue weighted by atomic mass is 9.90. The molecule has 2 rings (SSSR count). The van der Waals surface area contributed by atoms with Crippen LogP contribution in [0, 0.1) is 5.41 Å². The summed E-state index contributed by atoms with van der Waals surface area (Å²) >= 11 is 0. The van der Waals surface area contributed by atoms with Crippen molar-refractivity contribution in [2.45, 2.75) is 20.3 Å². The highest BCUT2D eigenvalue weighted by Crippen LogP contribution is 2.25. The predicted octanol–water partition coefficient (Wildman–Crippen LogP) is 2.75. The lowest BCUT2D eigenvalue weighted by molar-refractivity contribution is 0.0691. The van der Waals surface area contributed by atoms with Crippen molar-refractivity contribution in [2.24, 2.45) is 5.41 Å². The van der Waals surface area contributed by atoms with E-state index in [1.807, 2.05) is 38.1 Å². The number of fused-ring (bicyclic) bond motifs is 1. The standard InChI is InChI=1S/C16H20N2O3/c1-16(2,7-8-19)10-17-14-12-6-4-3-5-11(12)9-13(18-14)15(20)21/h3-6,9,19H,7-8,10H2,1-2H3,(H,17,18)(H,20,21). The van der Waals surface area contributed by atoms with Crippen molar-refractivity contribution in [3.63, 3.8) is 0 Å². The number of nitrogens with one attached hydrogen (secondary N) is 1. The molecule has 3 N–H and O–H groups in total. The number of aliphatic hydroxyl groups is 1. The molecular formula is C16H20N2O3. The first-order valence-electron chi connectivity index (χ1n) is 6.91. The molecule has 21 heavy (non-hydrogen) atoms. The molecule has 0 aliphatic rings. The summed E-state index contributed by atoms with van der Waals surface area (Å²) in [7, 11) is 0. The van der Waals surface area contributed by atoms with Crippen LogP contribution in [0.15, 0.2) is 30.3 Å². The van der Waals surface area contributed by atoms with Crippen molar-refractivity contribution in [1.82, 2.24) is 4.98 Å². The van der Waals surface area contributed by atoms with Crippen molar-refractivity contribution in [3.8, 4) is 0 Å². The van der Waals surface area contributed by atoms with E-state index in [1.54, 1.807) is 6.07 Å². The zero-order chi connectivity index (χ0) is 15.5. The third-order valence-corrected chi connectivity index (χ3v) is 3.48. The van der Waals surface area contributed by atoms with Crippen LogP contribution in [0.4, 0.5) is 5.82 Å². The van der Waals surface area contributed by atoms with Gasteiger partial charge in [0.25, 0.3) is 0 Å². The van der Waals surface area contributed by atoms with Crippen LogP contribution in [-0.2, 0) is 0 Å². The second-order valence-corrected chi connectivity index (χ2v) is 5.87. The topological polar surface area (TPSA) is 82.5 Å². The highest BCUT2D eigenvalue weighted by molar-refractivity contribution is 5.97. The van der Waals surface area contributed by atoms with Gasteiger partial charge in [0.1, 0.15) is 5.82 Å². The fourth-order valence-corrected chi connectivity index (χ4v) is 2.16. The Hall–Kier alpha value is -2.14. The van der Waals surface area contributed by atoms with Gasteiger partial charge in [0, 0.05) is 18.5 Å². The first-order valence-corrected chi connectivity index (χ1v) is 6.91. The fraction of sp³-hybridized carbons (Fsp3) is 0.375. The number of hydrogen-bond donors (Lipinski definition) is 3. The molecule has 0 radical (unpaired) electrons. The molecule has 0 amide bonds. The van der Waals surface area contributed by atoms with Gasteiger partial charge >= 0.3 is 5.97 Å². The number of aromatic carboxylic acids is 1. The third-order valence-electron chi connectivity index (χ3n) is 3.48. The number of rotatable bonds is 6. The summed E-state index contributed by atoms with van der Waals surface area (Å²) in [4.78, 5) is 15.4. The molecule has 5 nitrogen and oxygen atoms in total. The first kappa shape index (κ1) is 15.3. The summed E-state index contributed by atoms with van der Waals surface area (Å²) < 4.78 is 0. The third kappa shape index (κ3) is 3.70. The minimum atomic E-state index is -1.04. The summed E-state index contributed by atoms with van der Waals surface area (Å²) in [6.07, 6.45) is 0.663. The first-order chi connectivity index (χ1) is 9.93. The van der Waals surface area contributed by atoms with Gasteiger partial charge in [-0.3, -0.25) is 0 Å². The quantitative estimate of drug-likeness (QED) is 0.761. The monoisotopic (exact) mass is 288 g/mol. The molecular weight excluding hydrogens is 268 g/mol. The number of anilines is 1. The number of carboxylic acid groups (broad SMARTS) is 1. The van der Waals surface area contributed by atoms with Crippen LogP contribution in [0.25, 0.3) is 10.8 Å². The number of nitrogens with zero attached hydrogens (tertiary/aromatic N) is 1. The predicted molar refractivity (Wildman–Crippen MR) is 82.7 cm³/mol. The van der Waals surface area contributed by atoms with Crippen LogP contribution in [0.5, 0.6) is 0 Å². The van der Waals surface area contributed by atoms with Gasteiger partial charge in [-0.15, -0.1) is 0 Å². The molecule has 0 atom stereocenters. The number of pyridine rings is 1. The molecule has 0 bridgehead atoms. The number of carboxylic acids is 1. The maximum Gasteiger partial charge on any atom is 0.354 e. The van der Waals surface area contributed by atoms with E-state index in [-0.39, 0.29) is 17.7 Å². The van der Waals surface area contributed by atoms with E-state index in [1.165, 1.54) is 0 Å². The van der Waals surface area contributed by atoms with E-state index in [0.717, 1.165) is 10.8 Å². The van der Waals surface area contributed by atoms with Crippen LogP contribution in [-0.4, -0.2) is 34.3 Å².